The van der Waals surface area contributed by atoms with Crippen LogP contribution in [-0.4, -0.2) is 50.0 Å². The van der Waals surface area contributed by atoms with Crippen molar-refractivity contribution in [1.82, 2.24) is 4.90 Å². The second-order valence-corrected chi connectivity index (χ2v) is 5.09. The van der Waals surface area contributed by atoms with E-state index < -0.39 is 0 Å². The minimum Gasteiger partial charge on any atom is -0.376 e. The Labute approximate surface area is 86.4 Å². The van der Waals surface area contributed by atoms with Gasteiger partial charge in [0.05, 0.1) is 19.3 Å². The van der Waals surface area contributed by atoms with Crippen molar-refractivity contribution in [1.29, 1.82) is 0 Å². The van der Waals surface area contributed by atoms with E-state index in [-0.39, 0.29) is 11.7 Å². The van der Waals surface area contributed by atoms with Gasteiger partial charge in [-0.05, 0) is 19.4 Å². The zero-order valence-electron chi connectivity index (χ0n) is 9.45. The van der Waals surface area contributed by atoms with E-state index in [0.29, 0.717) is 5.92 Å². The molecule has 2 rings (SSSR count). The highest BCUT2D eigenvalue weighted by Gasteiger charge is 2.43. The molecule has 2 fully saturated rings. The largest absolute Gasteiger partial charge is 0.376 e. The molecule has 0 bridgehead atoms. The molecule has 2 unspecified atom stereocenters. The van der Waals surface area contributed by atoms with Gasteiger partial charge in [0.1, 0.15) is 5.60 Å². The minimum absolute atomic E-state index is 0.00192. The summed E-state index contributed by atoms with van der Waals surface area (Å²) in [5.74, 6) is 0.554. The molecule has 2 atom stereocenters. The van der Waals surface area contributed by atoms with E-state index in [2.05, 4.69) is 25.8 Å². The third-order valence-corrected chi connectivity index (χ3v) is 3.30. The number of rotatable bonds is 1. The molecular formula is C11H21NO2. The third-order valence-electron chi connectivity index (χ3n) is 3.30. The highest BCUT2D eigenvalue weighted by atomic mass is 16.6. The van der Waals surface area contributed by atoms with Crippen LogP contribution >= 0.6 is 0 Å². The van der Waals surface area contributed by atoms with Crippen LogP contribution in [0, 0.1) is 5.92 Å². The van der Waals surface area contributed by atoms with Crippen LogP contribution in [0.25, 0.3) is 0 Å². The number of ether oxygens (including phenoxy) is 2. The van der Waals surface area contributed by atoms with E-state index >= 15 is 0 Å². The molecule has 3 nitrogen and oxygen atoms in total. The molecule has 2 heterocycles. The van der Waals surface area contributed by atoms with E-state index in [1.54, 1.807) is 0 Å². The standard InChI is InChI=1S/C11H21NO2/c1-9(2)10-6-13-8-11(14-10)4-5-12(3)7-11/h9-10H,4-8H2,1-3H3. The summed E-state index contributed by atoms with van der Waals surface area (Å²) >= 11 is 0. The first-order chi connectivity index (χ1) is 6.61. The Balaban J connectivity index is 1.99. The van der Waals surface area contributed by atoms with Gasteiger partial charge in [0, 0.05) is 13.1 Å². The molecule has 0 aromatic carbocycles. The van der Waals surface area contributed by atoms with Crippen LogP contribution < -0.4 is 0 Å². The van der Waals surface area contributed by atoms with Gasteiger partial charge in [0.15, 0.2) is 0 Å². The summed E-state index contributed by atoms with van der Waals surface area (Å²) in [6.45, 7) is 8.10. The van der Waals surface area contributed by atoms with Crippen molar-refractivity contribution in [3.8, 4) is 0 Å². The van der Waals surface area contributed by atoms with E-state index in [1.807, 2.05) is 0 Å². The van der Waals surface area contributed by atoms with Gasteiger partial charge >= 0.3 is 0 Å². The maximum atomic E-state index is 6.20. The topological polar surface area (TPSA) is 21.7 Å². The molecule has 14 heavy (non-hydrogen) atoms. The minimum atomic E-state index is 0.00192. The summed E-state index contributed by atoms with van der Waals surface area (Å²) in [4.78, 5) is 2.33. The molecule has 0 radical (unpaired) electrons. The van der Waals surface area contributed by atoms with Crippen molar-refractivity contribution in [3.05, 3.63) is 0 Å². The summed E-state index contributed by atoms with van der Waals surface area (Å²) in [7, 11) is 2.15. The highest BCUT2D eigenvalue weighted by Crippen LogP contribution is 2.31. The summed E-state index contributed by atoms with van der Waals surface area (Å²) < 4.78 is 11.9. The second kappa shape index (κ2) is 3.80. The summed E-state index contributed by atoms with van der Waals surface area (Å²) in [5.41, 5.74) is 0.00192. The lowest BCUT2D eigenvalue weighted by Crippen LogP contribution is -2.50. The van der Waals surface area contributed by atoms with Gasteiger partial charge in [-0.25, -0.2) is 0 Å². The molecule has 0 saturated carbocycles. The molecular weight excluding hydrogens is 178 g/mol. The molecule has 2 saturated heterocycles. The Morgan fingerprint density at radius 1 is 1.43 bits per heavy atom. The van der Waals surface area contributed by atoms with Gasteiger partial charge in [0.25, 0.3) is 0 Å². The Morgan fingerprint density at radius 3 is 2.79 bits per heavy atom. The number of hydrogen-bond acceptors (Lipinski definition) is 3. The fourth-order valence-electron chi connectivity index (χ4n) is 2.34. The first-order valence-electron chi connectivity index (χ1n) is 5.55. The van der Waals surface area contributed by atoms with E-state index in [4.69, 9.17) is 9.47 Å². The molecule has 2 aliphatic heterocycles. The molecule has 0 aromatic rings. The fraction of sp³-hybridized carbons (Fsp3) is 1.00. The molecule has 1 spiro atoms. The van der Waals surface area contributed by atoms with E-state index in [0.717, 1.165) is 32.7 Å². The van der Waals surface area contributed by atoms with Gasteiger partial charge in [0.2, 0.25) is 0 Å². The van der Waals surface area contributed by atoms with E-state index in [1.165, 1.54) is 0 Å². The Hall–Kier alpha value is -0.120. The van der Waals surface area contributed by atoms with Crippen LogP contribution in [0.1, 0.15) is 20.3 Å². The second-order valence-electron chi connectivity index (χ2n) is 5.09. The first-order valence-corrected chi connectivity index (χ1v) is 5.55. The van der Waals surface area contributed by atoms with Gasteiger partial charge in [-0.15, -0.1) is 0 Å². The molecule has 3 heteroatoms. The smallest absolute Gasteiger partial charge is 0.106 e. The average Bonchev–Trinajstić information content (AvgIpc) is 2.47. The SMILES string of the molecule is CC(C)C1COCC2(CCN(C)C2)O1. The van der Waals surface area contributed by atoms with Gasteiger partial charge < -0.3 is 14.4 Å². The van der Waals surface area contributed by atoms with Crippen LogP contribution in [0.15, 0.2) is 0 Å². The summed E-state index contributed by atoms with van der Waals surface area (Å²) in [6.07, 6.45) is 1.41. The van der Waals surface area contributed by atoms with Crippen LogP contribution in [-0.2, 0) is 9.47 Å². The number of likely N-dealkylation sites (tertiary alicyclic amines) is 1. The number of nitrogens with zero attached hydrogens (tertiary/aromatic N) is 1. The van der Waals surface area contributed by atoms with Crippen molar-refractivity contribution in [2.45, 2.75) is 32.0 Å². The van der Waals surface area contributed by atoms with Gasteiger partial charge in [-0.2, -0.15) is 0 Å². The van der Waals surface area contributed by atoms with Crippen molar-refractivity contribution in [3.63, 3.8) is 0 Å². The predicted molar refractivity (Wildman–Crippen MR) is 55.4 cm³/mol. The van der Waals surface area contributed by atoms with Crippen LogP contribution in [0.3, 0.4) is 0 Å². The van der Waals surface area contributed by atoms with E-state index in [9.17, 15) is 0 Å². The number of hydrogen-bond donors (Lipinski definition) is 0. The molecule has 2 aliphatic rings. The monoisotopic (exact) mass is 199 g/mol. The van der Waals surface area contributed by atoms with Crippen LogP contribution in [0.2, 0.25) is 0 Å². The summed E-state index contributed by atoms with van der Waals surface area (Å²) in [6, 6.07) is 0. The molecule has 0 amide bonds. The normalized spacial score (nSPS) is 39.9. The lowest BCUT2D eigenvalue weighted by atomic mass is 10.00. The Kier molecular flexibility index (Phi) is 2.82. The van der Waals surface area contributed by atoms with Crippen LogP contribution in [0.5, 0.6) is 0 Å². The number of likely N-dealkylation sites (N-methyl/N-ethyl adjacent to an activating group) is 1. The predicted octanol–water partition coefficient (Wildman–Crippen LogP) is 1.13. The zero-order chi connectivity index (χ0) is 10.2. The Bertz CT molecular complexity index is 203. The molecule has 0 aromatic heterocycles. The van der Waals surface area contributed by atoms with Gasteiger partial charge in [-0.1, -0.05) is 13.8 Å². The van der Waals surface area contributed by atoms with Gasteiger partial charge in [-0.3, -0.25) is 0 Å². The molecule has 82 valence electrons. The maximum absolute atomic E-state index is 6.20. The fourth-order valence-corrected chi connectivity index (χ4v) is 2.34. The Morgan fingerprint density at radius 2 is 2.21 bits per heavy atom. The molecule has 0 aliphatic carbocycles. The zero-order valence-corrected chi connectivity index (χ0v) is 9.45. The quantitative estimate of drug-likeness (QED) is 0.632. The lowest BCUT2D eigenvalue weighted by Gasteiger charge is -2.39. The third kappa shape index (κ3) is 1.95. The molecule has 0 N–H and O–H groups in total. The van der Waals surface area contributed by atoms with Crippen molar-refractivity contribution < 1.29 is 9.47 Å². The van der Waals surface area contributed by atoms with Crippen molar-refractivity contribution in [2.75, 3.05) is 33.4 Å². The highest BCUT2D eigenvalue weighted by molar-refractivity contribution is 4.94. The average molecular weight is 199 g/mol. The first kappa shape index (κ1) is 10.4. The van der Waals surface area contributed by atoms with Crippen molar-refractivity contribution in [2.24, 2.45) is 5.92 Å². The lowest BCUT2D eigenvalue weighted by molar-refractivity contribution is -0.203. The van der Waals surface area contributed by atoms with Crippen LogP contribution in [0.4, 0.5) is 0 Å². The summed E-state index contributed by atoms with van der Waals surface area (Å²) in [5, 5.41) is 0. The maximum Gasteiger partial charge on any atom is 0.106 e. The van der Waals surface area contributed by atoms with Crippen molar-refractivity contribution >= 4 is 0 Å².